The van der Waals surface area contributed by atoms with Crippen LogP contribution in [-0.4, -0.2) is 27.9 Å². The minimum atomic E-state index is -0.788. The fourth-order valence-electron chi connectivity index (χ4n) is 4.75. The Morgan fingerprint density at radius 3 is 2.59 bits per heavy atom. The van der Waals surface area contributed by atoms with E-state index in [0.29, 0.717) is 24.9 Å². The summed E-state index contributed by atoms with van der Waals surface area (Å²) in [6.07, 6.45) is 2.80. The van der Waals surface area contributed by atoms with Gasteiger partial charge in [0.05, 0.1) is 29.2 Å². The first-order chi connectivity index (χ1) is 16.3. The van der Waals surface area contributed by atoms with Crippen LogP contribution in [0.15, 0.2) is 47.3 Å². The van der Waals surface area contributed by atoms with E-state index in [0.717, 1.165) is 23.6 Å². The summed E-state index contributed by atoms with van der Waals surface area (Å²) in [5, 5.41) is 2.80. The molecule has 1 aliphatic carbocycles. The summed E-state index contributed by atoms with van der Waals surface area (Å²) in [6.45, 7) is 0.428. The molecule has 34 heavy (non-hydrogen) atoms. The number of pyridine rings is 1. The molecule has 1 aromatic heterocycles. The summed E-state index contributed by atoms with van der Waals surface area (Å²) < 4.78 is 29.3. The molecule has 9 heteroatoms. The minimum Gasteiger partial charge on any atom is -0.345 e. The molecule has 5 rings (SSSR count). The lowest BCUT2D eigenvalue weighted by Gasteiger charge is -2.24. The molecule has 2 fully saturated rings. The average molecular weight is 466 g/mol. The molecule has 176 valence electrons. The predicted octanol–water partition coefficient (Wildman–Crippen LogP) is 3.00. The highest BCUT2D eigenvalue weighted by molar-refractivity contribution is 6.08. The van der Waals surface area contributed by atoms with Gasteiger partial charge in [0.2, 0.25) is 5.91 Å². The third kappa shape index (κ3) is 3.91. The summed E-state index contributed by atoms with van der Waals surface area (Å²) in [5.74, 6) is 4.37. The number of carbonyl (C=O) groups is 2. The zero-order chi connectivity index (χ0) is 24.0. The molecular formula is C25H24F2N4O3. The normalized spacial score (nSPS) is 16.8. The number of halogens is 2. The number of aromatic nitrogens is 1. The topological polar surface area (TPSA) is 97.4 Å². The van der Waals surface area contributed by atoms with Crippen LogP contribution >= 0.6 is 0 Å². The van der Waals surface area contributed by atoms with Gasteiger partial charge in [0.25, 0.3) is 11.5 Å². The number of hydrogen-bond donors (Lipinski definition) is 2. The Hall–Kier alpha value is -3.75. The van der Waals surface area contributed by atoms with Crippen molar-refractivity contribution >= 4 is 22.6 Å². The van der Waals surface area contributed by atoms with E-state index in [2.05, 4.69) is 5.32 Å². The van der Waals surface area contributed by atoms with Crippen molar-refractivity contribution in [3.8, 4) is 0 Å². The second-order valence-corrected chi connectivity index (χ2v) is 8.92. The Kier molecular flexibility index (Phi) is 5.55. The summed E-state index contributed by atoms with van der Waals surface area (Å²) in [7, 11) is 0. The van der Waals surface area contributed by atoms with E-state index >= 15 is 0 Å². The summed E-state index contributed by atoms with van der Waals surface area (Å²) in [5.41, 5.74) is 0.0156. The number of nitrogens with one attached hydrogen (secondary N) is 1. The Balaban J connectivity index is 1.63. The molecule has 0 unspecified atom stereocenters. The lowest BCUT2D eigenvalue weighted by Crippen LogP contribution is -2.39. The lowest BCUT2D eigenvalue weighted by atomic mass is 9.99. The Morgan fingerprint density at radius 2 is 1.91 bits per heavy atom. The maximum absolute atomic E-state index is 14.7. The van der Waals surface area contributed by atoms with Gasteiger partial charge in [-0.05, 0) is 48.9 Å². The monoisotopic (exact) mass is 466 g/mol. The Bertz CT molecular complexity index is 1370. The van der Waals surface area contributed by atoms with Crippen LogP contribution in [0.25, 0.3) is 10.8 Å². The molecule has 7 nitrogen and oxygen atoms in total. The predicted molar refractivity (Wildman–Crippen MR) is 122 cm³/mol. The van der Waals surface area contributed by atoms with Crippen molar-refractivity contribution in [3.63, 3.8) is 0 Å². The third-order valence-electron chi connectivity index (χ3n) is 6.62. The SMILES string of the molecule is Nn1c(CN2CCCC2=O)c(C(=O)N[C@H](c2cccc(F)c2)C2CC2)c2cccc(F)c2c1=O. The first-order valence-electron chi connectivity index (χ1n) is 11.3. The van der Waals surface area contributed by atoms with Crippen molar-refractivity contribution in [2.45, 2.75) is 38.3 Å². The number of benzene rings is 2. The molecular weight excluding hydrogens is 442 g/mol. The van der Waals surface area contributed by atoms with Gasteiger partial charge in [0, 0.05) is 18.4 Å². The molecule has 1 saturated heterocycles. The molecule has 2 aromatic carbocycles. The van der Waals surface area contributed by atoms with Crippen LogP contribution in [0, 0.1) is 17.6 Å². The average Bonchev–Trinajstić information content (AvgIpc) is 3.57. The fraction of sp³-hybridized carbons (Fsp3) is 0.320. The van der Waals surface area contributed by atoms with E-state index in [4.69, 9.17) is 5.84 Å². The summed E-state index contributed by atoms with van der Waals surface area (Å²) in [6, 6.07) is 9.65. The van der Waals surface area contributed by atoms with Gasteiger partial charge in [-0.1, -0.05) is 24.3 Å². The quantitative estimate of drug-likeness (QED) is 0.546. The number of nitrogens with two attached hydrogens (primary N) is 1. The maximum Gasteiger partial charge on any atom is 0.279 e. The molecule has 0 bridgehead atoms. The minimum absolute atomic E-state index is 0.0401. The van der Waals surface area contributed by atoms with Gasteiger partial charge in [-0.15, -0.1) is 0 Å². The van der Waals surface area contributed by atoms with Crippen LogP contribution in [-0.2, 0) is 11.3 Å². The van der Waals surface area contributed by atoms with Crippen molar-refractivity contribution in [1.29, 1.82) is 0 Å². The number of hydrogen-bond acceptors (Lipinski definition) is 4. The van der Waals surface area contributed by atoms with E-state index in [1.54, 1.807) is 12.1 Å². The first-order valence-corrected chi connectivity index (χ1v) is 11.3. The third-order valence-corrected chi connectivity index (χ3v) is 6.62. The summed E-state index contributed by atoms with van der Waals surface area (Å²) in [4.78, 5) is 40.4. The molecule has 1 aliphatic heterocycles. The van der Waals surface area contributed by atoms with Gasteiger partial charge in [-0.2, -0.15) is 0 Å². The lowest BCUT2D eigenvalue weighted by molar-refractivity contribution is -0.128. The van der Waals surface area contributed by atoms with Gasteiger partial charge < -0.3 is 16.1 Å². The van der Waals surface area contributed by atoms with Gasteiger partial charge in [0.1, 0.15) is 11.6 Å². The maximum atomic E-state index is 14.7. The zero-order valence-corrected chi connectivity index (χ0v) is 18.4. The van der Waals surface area contributed by atoms with Gasteiger partial charge in [0.15, 0.2) is 0 Å². The summed E-state index contributed by atoms with van der Waals surface area (Å²) >= 11 is 0. The van der Waals surface area contributed by atoms with Gasteiger partial charge >= 0.3 is 0 Å². The van der Waals surface area contributed by atoms with Crippen LogP contribution in [0.4, 0.5) is 8.78 Å². The number of rotatable bonds is 6. The van der Waals surface area contributed by atoms with E-state index in [-0.39, 0.29) is 40.4 Å². The highest BCUT2D eigenvalue weighted by Gasteiger charge is 2.35. The highest BCUT2D eigenvalue weighted by atomic mass is 19.1. The van der Waals surface area contributed by atoms with Crippen LogP contribution in [0.3, 0.4) is 0 Å². The number of nitrogens with zero attached hydrogens (tertiary/aromatic N) is 2. The number of nitrogen functional groups attached to an aromatic ring is 1. The molecule has 3 aromatic rings. The van der Waals surface area contributed by atoms with Crippen LogP contribution in [0.5, 0.6) is 0 Å². The van der Waals surface area contributed by atoms with Gasteiger partial charge in [-0.3, -0.25) is 14.4 Å². The van der Waals surface area contributed by atoms with Crippen LogP contribution in [0.1, 0.15) is 53.3 Å². The second-order valence-electron chi connectivity index (χ2n) is 8.92. The second kappa shape index (κ2) is 8.55. The molecule has 3 N–H and O–H groups in total. The van der Waals surface area contributed by atoms with Crippen LogP contribution < -0.4 is 16.7 Å². The van der Waals surface area contributed by atoms with E-state index < -0.39 is 29.1 Å². The molecule has 2 aliphatic rings. The number of likely N-dealkylation sites (tertiary alicyclic amines) is 1. The van der Waals surface area contributed by atoms with E-state index in [1.807, 2.05) is 0 Å². The number of amides is 2. The molecule has 0 radical (unpaired) electrons. The molecule has 2 heterocycles. The molecule has 1 atom stereocenters. The Morgan fingerprint density at radius 1 is 1.15 bits per heavy atom. The van der Waals surface area contributed by atoms with E-state index in [1.165, 1.54) is 29.2 Å². The largest absolute Gasteiger partial charge is 0.345 e. The fourth-order valence-corrected chi connectivity index (χ4v) is 4.75. The Labute approximate surface area is 194 Å². The first kappa shape index (κ1) is 22.1. The van der Waals surface area contributed by atoms with Crippen molar-refractivity contribution in [2.24, 2.45) is 5.92 Å². The van der Waals surface area contributed by atoms with Crippen molar-refractivity contribution < 1.29 is 18.4 Å². The number of carbonyl (C=O) groups excluding carboxylic acids is 2. The molecule has 0 spiro atoms. The highest BCUT2D eigenvalue weighted by Crippen LogP contribution is 2.41. The number of fused-ring (bicyclic) bond motifs is 1. The zero-order valence-electron chi connectivity index (χ0n) is 18.4. The van der Waals surface area contributed by atoms with Crippen molar-refractivity contribution in [1.82, 2.24) is 14.9 Å². The molecule has 1 saturated carbocycles. The van der Waals surface area contributed by atoms with E-state index in [9.17, 15) is 23.2 Å². The van der Waals surface area contributed by atoms with Crippen molar-refractivity contribution in [2.75, 3.05) is 12.4 Å². The standard InChI is InChI=1S/C25H24F2N4O3/c26-16-5-1-4-15(12-16)23(14-9-10-14)29-24(33)22-17-6-2-7-18(27)21(17)25(34)31(28)19(22)13-30-11-3-8-20(30)32/h1-2,4-7,12,14,23H,3,8-11,13,28H2,(H,29,33)/t23-/m0/s1. The van der Waals surface area contributed by atoms with Gasteiger partial charge in [-0.25, -0.2) is 13.5 Å². The van der Waals surface area contributed by atoms with Crippen LogP contribution in [0.2, 0.25) is 0 Å². The molecule has 2 amide bonds. The van der Waals surface area contributed by atoms with Crippen molar-refractivity contribution in [3.05, 3.63) is 81.3 Å². The smallest absolute Gasteiger partial charge is 0.279 e.